The molecule has 0 radical (unpaired) electrons. The highest BCUT2D eigenvalue weighted by Gasteiger charge is 2.16. The fourth-order valence-electron chi connectivity index (χ4n) is 1.42. The molecule has 1 aromatic heterocycles. The van der Waals surface area contributed by atoms with Crippen LogP contribution in [0.15, 0.2) is 18.5 Å². The number of nitrogens with zero attached hydrogens (tertiary/aromatic N) is 3. The summed E-state index contributed by atoms with van der Waals surface area (Å²) in [5.41, 5.74) is 5.58. The number of halogens is 1. The van der Waals surface area contributed by atoms with Gasteiger partial charge in [-0.25, -0.2) is 9.97 Å². The molecule has 0 bridgehead atoms. The van der Waals surface area contributed by atoms with Crippen LogP contribution in [0.3, 0.4) is 0 Å². The number of nitrogens with two attached hydrogens (primary N) is 1. The molecule has 0 aliphatic rings. The Morgan fingerprint density at radius 2 is 2.19 bits per heavy atom. The van der Waals surface area contributed by atoms with Crippen LogP contribution in [0, 0.1) is 15.9 Å². The van der Waals surface area contributed by atoms with Crippen molar-refractivity contribution in [2.45, 2.75) is 6.54 Å². The van der Waals surface area contributed by atoms with E-state index >= 15 is 0 Å². The highest BCUT2D eigenvalue weighted by Crippen LogP contribution is 2.24. The highest BCUT2D eigenvalue weighted by atomic mass is 19.1. The van der Waals surface area contributed by atoms with E-state index in [2.05, 4.69) is 9.97 Å². The predicted molar refractivity (Wildman–Crippen MR) is 54.0 cm³/mol. The molecule has 0 unspecified atom stereocenters. The van der Waals surface area contributed by atoms with Crippen molar-refractivity contribution >= 4 is 16.6 Å². The van der Waals surface area contributed by atoms with E-state index in [1.807, 2.05) is 0 Å². The van der Waals surface area contributed by atoms with Crippen molar-refractivity contribution in [2.75, 3.05) is 0 Å². The Hall–Kier alpha value is -2.15. The first-order valence-corrected chi connectivity index (χ1v) is 4.41. The average molecular weight is 222 g/mol. The zero-order valence-electron chi connectivity index (χ0n) is 8.05. The van der Waals surface area contributed by atoms with Crippen LogP contribution in [-0.2, 0) is 6.54 Å². The van der Waals surface area contributed by atoms with Crippen molar-refractivity contribution in [1.29, 1.82) is 0 Å². The van der Waals surface area contributed by atoms with Gasteiger partial charge >= 0.3 is 5.69 Å². The lowest BCUT2D eigenvalue weighted by molar-refractivity contribution is -0.387. The summed E-state index contributed by atoms with van der Waals surface area (Å²) in [7, 11) is 0. The van der Waals surface area contributed by atoms with Crippen molar-refractivity contribution in [3.8, 4) is 0 Å². The largest absolute Gasteiger partial charge is 0.325 e. The zero-order chi connectivity index (χ0) is 11.7. The van der Waals surface area contributed by atoms with Crippen LogP contribution >= 0.6 is 0 Å². The van der Waals surface area contributed by atoms with Crippen molar-refractivity contribution < 1.29 is 9.31 Å². The van der Waals surface area contributed by atoms with Crippen LogP contribution in [-0.4, -0.2) is 14.9 Å². The molecule has 1 heterocycles. The lowest BCUT2D eigenvalue weighted by Gasteiger charge is -2.02. The van der Waals surface area contributed by atoms with E-state index in [-0.39, 0.29) is 6.54 Å². The van der Waals surface area contributed by atoms with Gasteiger partial charge in [-0.15, -0.1) is 0 Å². The smallest absolute Gasteiger partial charge is 0.305 e. The minimum Gasteiger partial charge on any atom is -0.325 e. The van der Waals surface area contributed by atoms with E-state index in [9.17, 15) is 14.5 Å². The topological polar surface area (TPSA) is 94.9 Å². The second-order valence-corrected chi connectivity index (χ2v) is 3.10. The molecule has 2 N–H and O–H groups in total. The van der Waals surface area contributed by atoms with Gasteiger partial charge in [0.05, 0.1) is 16.1 Å². The van der Waals surface area contributed by atoms with E-state index in [4.69, 9.17) is 5.73 Å². The number of hydrogen-bond donors (Lipinski definition) is 1. The molecule has 6 nitrogen and oxygen atoms in total. The quantitative estimate of drug-likeness (QED) is 0.607. The van der Waals surface area contributed by atoms with Crippen LogP contribution in [0.5, 0.6) is 0 Å². The number of fused-ring (bicyclic) bond motifs is 1. The van der Waals surface area contributed by atoms with E-state index in [1.54, 1.807) is 0 Å². The molecule has 0 atom stereocenters. The third-order valence-corrected chi connectivity index (χ3v) is 2.18. The van der Waals surface area contributed by atoms with Crippen LogP contribution in [0.2, 0.25) is 0 Å². The molecule has 16 heavy (non-hydrogen) atoms. The maximum atomic E-state index is 13.3. The summed E-state index contributed by atoms with van der Waals surface area (Å²) in [6.07, 6.45) is 1.25. The maximum Gasteiger partial charge on any atom is 0.305 e. The number of rotatable bonds is 2. The summed E-state index contributed by atoms with van der Waals surface area (Å²) >= 11 is 0. The second-order valence-electron chi connectivity index (χ2n) is 3.10. The summed E-state index contributed by atoms with van der Waals surface area (Å²) < 4.78 is 13.3. The molecule has 0 saturated carbocycles. The van der Waals surface area contributed by atoms with Gasteiger partial charge in [-0.3, -0.25) is 10.1 Å². The van der Waals surface area contributed by atoms with Crippen LogP contribution in [0.25, 0.3) is 10.9 Å². The lowest BCUT2D eigenvalue weighted by atomic mass is 10.1. The standard InChI is InChI=1S/C9H7FN4O2/c10-6-2-7-5(1-9(6)14(15)16)8(3-11)13-4-12-7/h1-2,4H,3,11H2. The number of hydrogen-bond acceptors (Lipinski definition) is 5. The molecule has 0 amide bonds. The molecule has 0 aliphatic carbocycles. The normalized spacial score (nSPS) is 10.6. The van der Waals surface area contributed by atoms with Crippen molar-refractivity contribution in [3.63, 3.8) is 0 Å². The predicted octanol–water partition coefficient (Wildman–Crippen LogP) is 1.14. The fourth-order valence-corrected chi connectivity index (χ4v) is 1.42. The van der Waals surface area contributed by atoms with Gasteiger partial charge < -0.3 is 5.73 Å². The Balaban J connectivity index is 2.80. The van der Waals surface area contributed by atoms with Gasteiger partial charge in [0.1, 0.15) is 6.33 Å². The SMILES string of the molecule is NCc1ncnc2cc(F)c([N+](=O)[O-])cc12. The minimum absolute atomic E-state index is 0.113. The Morgan fingerprint density at radius 1 is 1.44 bits per heavy atom. The summed E-state index contributed by atoms with van der Waals surface area (Å²) in [4.78, 5) is 17.5. The van der Waals surface area contributed by atoms with Gasteiger partial charge in [-0.2, -0.15) is 4.39 Å². The highest BCUT2D eigenvalue weighted by molar-refractivity contribution is 5.83. The van der Waals surface area contributed by atoms with Crippen molar-refractivity contribution in [2.24, 2.45) is 5.73 Å². The molecule has 0 spiro atoms. The van der Waals surface area contributed by atoms with E-state index in [1.165, 1.54) is 6.33 Å². The molecular formula is C9H7FN4O2. The average Bonchev–Trinajstić information content (AvgIpc) is 2.26. The maximum absolute atomic E-state index is 13.3. The first-order chi connectivity index (χ1) is 7.63. The Bertz CT molecular complexity index is 573. The molecular weight excluding hydrogens is 215 g/mol. The minimum atomic E-state index is -0.917. The molecule has 0 fully saturated rings. The Morgan fingerprint density at radius 3 is 2.81 bits per heavy atom. The molecule has 2 aromatic rings. The van der Waals surface area contributed by atoms with Gasteiger partial charge in [0.15, 0.2) is 0 Å². The monoisotopic (exact) mass is 222 g/mol. The number of benzene rings is 1. The molecule has 0 aliphatic heterocycles. The molecule has 82 valence electrons. The van der Waals surface area contributed by atoms with Gasteiger partial charge in [0.2, 0.25) is 5.82 Å². The van der Waals surface area contributed by atoms with Gasteiger partial charge in [-0.1, -0.05) is 0 Å². The first kappa shape index (κ1) is 10.4. The van der Waals surface area contributed by atoms with E-state index in [0.717, 1.165) is 12.1 Å². The number of aromatic nitrogens is 2. The van der Waals surface area contributed by atoms with Gasteiger partial charge in [-0.05, 0) is 0 Å². The molecule has 0 saturated heterocycles. The van der Waals surface area contributed by atoms with Crippen molar-refractivity contribution in [1.82, 2.24) is 9.97 Å². The van der Waals surface area contributed by atoms with Crippen LogP contribution in [0.4, 0.5) is 10.1 Å². The van der Waals surface area contributed by atoms with E-state index in [0.29, 0.717) is 16.6 Å². The first-order valence-electron chi connectivity index (χ1n) is 4.41. The zero-order valence-corrected chi connectivity index (χ0v) is 8.05. The molecule has 7 heteroatoms. The summed E-state index contributed by atoms with van der Waals surface area (Å²) in [6.45, 7) is 0.113. The van der Waals surface area contributed by atoms with Crippen LogP contribution in [0.1, 0.15) is 5.69 Å². The molecule has 1 aromatic carbocycles. The van der Waals surface area contributed by atoms with Gasteiger partial charge in [0.25, 0.3) is 0 Å². The van der Waals surface area contributed by atoms with Crippen molar-refractivity contribution in [3.05, 3.63) is 40.1 Å². The fraction of sp³-hybridized carbons (Fsp3) is 0.111. The van der Waals surface area contributed by atoms with E-state index < -0.39 is 16.4 Å². The van der Waals surface area contributed by atoms with Gasteiger partial charge in [0, 0.05) is 24.1 Å². The lowest BCUT2D eigenvalue weighted by Crippen LogP contribution is -2.02. The third-order valence-electron chi connectivity index (χ3n) is 2.18. The Labute approximate surface area is 89.1 Å². The summed E-state index contributed by atoms with van der Waals surface area (Å²) in [5.74, 6) is -0.917. The van der Waals surface area contributed by atoms with Crippen LogP contribution < -0.4 is 5.73 Å². The number of nitro groups is 1. The summed E-state index contributed by atoms with van der Waals surface area (Å²) in [5, 5.41) is 11.0. The number of nitro benzene ring substituents is 1. The second kappa shape index (κ2) is 3.78. The summed E-state index contributed by atoms with van der Waals surface area (Å²) in [6, 6.07) is 2.11. The Kier molecular flexibility index (Phi) is 2.45. The molecule has 2 rings (SSSR count). The third kappa shape index (κ3) is 1.57.